The molecule has 114 valence electrons. The summed E-state index contributed by atoms with van der Waals surface area (Å²) in [5, 5.41) is 2.63. The van der Waals surface area contributed by atoms with E-state index in [0.717, 1.165) is 21.6 Å². The molecule has 1 amide bonds. The Balaban J connectivity index is 1.93. The Labute approximate surface area is 138 Å². The maximum absolute atomic E-state index is 11.6. The smallest absolute Gasteiger partial charge is 0.234 e. The normalized spacial score (nSPS) is 10.5. The molecular weight excluding hydrogens is 344 g/mol. The number of halogens is 1. The van der Waals surface area contributed by atoms with Crippen LogP contribution in [-0.2, 0) is 11.3 Å². The molecular formula is C17H17BrN2O2. The van der Waals surface area contributed by atoms with E-state index in [-0.39, 0.29) is 19.0 Å². The third kappa shape index (κ3) is 4.76. The summed E-state index contributed by atoms with van der Waals surface area (Å²) in [6.45, 7) is 1.08. The lowest BCUT2D eigenvalue weighted by Crippen LogP contribution is -2.34. The van der Waals surface area contributed by atoms with E-state index in [1.165, 1.54) is 0 Å². The fourth-order valence-electron chi connectivity index (χ4n) is 2.00. The molecule has 0 bridgehead atoms. The van der Waals surface area contributed by atoms with Gasteiger partial charge in [-0.15, -0.1) is 6.42 Å². The van der Waals surface area contributed by atoms with Crippen LogP contribution in [0.1, 0.15) is 5.76 Å². The molecule has 0 fully saturated rings. The first-order chi connectivity index (χ1) is 10.6. The number of terminal acetylenes is 1. The molecule has 0 unspecified atom stereocenters. The van der Waals surface area contributed by atoms with Gasteiger partial charge in [-0.1, -0.05) is 34.0 Å². The van der Waals surface area contributed by atoms with Gasteiger partial charge in [-0.2, -0.15) is 0 Å². The molecule has 0 atom stereocenters. The maximum atomic E-state index is 11.6. The summed E-state index contributed by atoms with van der Waals surface area (Å²) < 4.78 is 6.85. The lowest BCUT2D eigenvalue weighted by Gasteiger charge is -2.14. The Hall–Kier alpha value is -2.03. The summed E-state index contributed by atoms with van der Waals surface area (Å²) in [7, 11) is 1.86. The number of furan rings is 1. The van der Waals surface area contributed by atoms with Gasteiger partial charge in [0.05, 0.1) is 19.6 Å². The van der Waals surface area contributed by atoms with E-state index in [1.54, 1.807) is 0 Å². The first kappa shape index (κ1) is 16.3. The van der Waals surface area contributed by atoms with Crippen LogP contribution in [0, 0.1) is 12.3 Å². The number of likely N-dealkylation sites (N-methyl/N-ethyl adjacent to an activating group) is 1. The molecule has 0 radical (unpaired) electrons. The van der Waals surface area contributed by atoms with Crippen molar-refractivity contribution in [2.24, 2.45) is 0 Å². The zero-order valence-electron chi connectivity index (χ0n) is 12.3. The van der Waals surface area contributed by atoms with Crippen molar-refractivity contribution in [3.05, 3.63) is 46.6 Å². The van der Waals surface area contributed by atoms with Crippen LogP contribution in [-0.4, -0.2) is 30.9 Å². The predicted octanol–water partition coefficient (Wildman–Crippen LogP) is 2.89. The SMILES string of the molecule is C#CCNC(=O)CN(C)Cc1ccc(-c2ccc(Br)cc2)o1. The third-order valence-corrected chi connectivity index (χ3v) is 3.55. The van der Waals surface area contributed by atoms with Gasteiger partial charge in [0, 0.05) is 10.0 Å². The quantitative estimate of drug-likeness (QED) is 0.805. The molecule has 0 aliphatic heterocycles. The third-order valence-electron chi connectivity index (χ3n) is 3.02. The molecule has 0 saturated carbocycles. The number of carbonyl (C=O) groups excluding carboxylic acids is 1. The molecule has 1 aromatic heterocycles. The average molecular weight is 361 g/mol. The Morgan fingerprint density at radius 2 is 2.05 bits per heavy atom. The maximum Gasteiger partial charge on any atom is 0.234 e. The molecule has 2 aromatic rings. The van der Waals surface area contributed by atoms with Crippen molar-refractivity contribution in [3.8, 4) is 23.7 Å². The van der Waals surface area contributed by atoms with Gasteiger partial charge in [0.2, 0.25) is 5.91 Å². The summed E-state index contributed by atoms with van der Waals surface area (Å²) >= 11 is 3.41. The number of hydrogen-bond acceptors (Lipinski definition) is 3. The predicted molar refractivity (Wildman–Crippen MR) is 90.0 cm³/mol. The lowest BCUT2D eigenvalue weighted by molar-refractivity contribution is -0.121. The zero-order chi connectivity index (χ0) is 15.9. The van der Waals surface area contributed by atoms with E-state index in [9.17, 15) is 4.79 Å². The van der Waals surface area contributed by atoms with Crippen LogP contribution in [0.4, 0.5) is 0 Å². The molecule has 0 aliphatic rings. The van der Waals surface area contributed by atoms with E-state index in [2.05, 4.69) is 27.2 Å². The van der Waals surface area contributed by atoms with Crippen molar-refractivity contribution in [1.29, 1.82) is 0 Å². The van der Waals surface area contributed by atoms with E-state index in [0.29, 0.717) is 6.54 Å². The fourth-order valence-corrected chi connectivity index (χ4v) is 2.27. The largest absolute Gasteiger partial charge is 0.460 e. The highest BCUT2D eigenvalue weighted by Gasteiger charge is 2.10. The number of nitrogens with one attached hydrogen (secondary N) is 1. The van der Waals surface area contributed by atoms with E-state index >= 15 is 0 Å². The number of nitrogens with zero attached hydrogens (tertiary/aromatic N) is 1. The van der Waals surface area contributed by atoms with Crippen molar-refractivity contribution in [2.75, 3.05) is 20.1 Å². The van der Waals surface area contributed by atoms with Gasteiger partial charge >= 0.3 is 0 Å². The molecule has 22 heavy (non-hydrogen) atoms. The number of amides is 1. The van der Waals surface area contributed by atoms with Crippen LogP contribution < -0.4 is 5.32 Å². The molecule has 0 aliphatic carbocycles. The Morgan fingerprint density at radius 3 is 2.73 bits per heavy atom. The van der Waals surface area contributed by atoms with Gasteiger partial charge < -0.3 is 9.73 Å². The van der Waals surface area contributed by atoms with Crippen LogP contribution in [0.2, 0.25) is 0 Å². The molecule has 2 rings (SSSR count). The second kappa shape index (κ2) is 7.83. The van der Waals surface area contributed by atoms with Crippen molar-refractivity contribution in [1.82, 2.24) is 10.2 Å². The summed E-state index contributed by atoms with van der Waals surface area (Å²) in [4.78, 5) is 13.4. The lowest BCUT2D eigenvalue weighted by atomic mass is 10.2. The second-order valence-electron chi connectivity index (χ2n) is 4.93. The highest BCUT2D eigenvalue weighted by molar-refractivity contribution is 9.10. The van der Waals surface area contributed by atoms with E-state index in [1.807, 2.05) is 48.3 Å². The van der Waals surface area contributed by atoms with Crippen molar-refractivity contribution < 1.29 is 9.21 Å². The first-order valence-corrected chi connectivity index (χ1v) is 7.61. The van der Waals surface area contributed by atoms with Crippen LogP contribution in [0.5, 0.6) is 0 Å². The van der Waals surface area contributed by atoms with Crippen molar-refractivity contribution in [2.45, 2.75) is 6.54 Å². The molecule has 4 nitrogen and oxygen atoms in total. The van der Waals surface area contributed by atoms with Gasteiger partial charge in [0.1, 0.15) is 11.5 Å². The average Bonchev–Trinajstić information content (AvgIpc) is 2.94. The molecule has 5 heteroatoms. The van der Waals surface area contributed by atoms with Crippen LogP contribution in [0.25, 0.3) is 11.3 Å². The second-order valence-corrected chi connectivity index (χ2v) is 5.84. The summed E-state index contributed by atoms with van der Waals surface area (Å²) in [6, 6.07) is 11.8. The van der Waals surface area contributed by atoms with Gasteiger partial charge in [-0.3, -0.25) is 9.69 Å². The van der Waals surface area contributed by atoms with Crippen LogP contribution in [0.15, 0.2) is 45.3 Å². The highest BCUT2D eigenvalue weighted by Crippen LogP contribution is 2.24. The van der Waals surface area contributed by atoms with Crippen molar-refractivity contribution >= 4 is 21.8 Å². The zero-order valence-corrected chi connectivity index (χ0v) is 13.9. The fraction of sp³-hybridized carbons (Fsp3) is 0.235. The summed E-state index contributed by atoms with van der Waals surface area (Å²) in [5.74, 6) is 3.90. The van der Waals surface area contributed by atoms with Gasteiger partial charge in [-0.25, -0.2) is 0 Å². The number of hydrogen-bond donors (Lipinski definition) is 1. The molecule has 0 spiro atoms. The Morgan fingerprint density at radius 1 is 1.32 bits per heavy atom. The molecule has 0 saturated heterocycles. The van der Waals surface area contributed by atoms with E-state index in [4.69, 9.17) is 10.8 Å². The Kier molecular flexibility index (Phi) is 5.82. The highest BCUT2D eigenvalue weighted by atomic mass is 79.9. The molecule has 1 heterocycles. The number of carbonyl (C=O) groups is 1. The summed E-state index contributed by atoms with van der Waals surface area (Å²) in [5.41, 5.74) is 1.02. The van der Waals surface area contributed by atoms with Crippen molar-refractivity contribution in [3.63, 3.8) is 0 Å². The standard InChI is InChI=1S/C17H17BrN2O2/c1-3-10-19-17(21)12-20(2)11-15-8-9-16(22-15)13-4-6-14(18)7-5-13/h1,4-9H,10-12H2,2H3,(H,19,21). The monoisotopic (exact) mass is 360 g/mol. The molecule has 1 aromatic carbocycles. The van der Waals surface area contributed by atoms with E-state index < -0.39 is 0 Å². The van der Waals surface area contributed by atoms with Crippen LogP contribution >= 0.6 is 15.9 Å². The summed E-state index contributed by atoms with van der Waals surface area (Å²) in [6.07, 6.45) is 5.10. The number of benzene rings is 1. The minimum atomic E-state index is -0.0971. The number of rotatable bonds is 6. The first-order valence-electron chi connectivity index (χ1n) is 6.82. The Bertz CT molecular complexity index is 671. The van der Waals surface area contributed by atoms with Gasteiger partial charge in [0.25, 0.3) is 0 Å². The van der Waals surface area contributed by atoms with Gasteiger partial charge in [-0.05, 0) is 31.3 Å². The topological polar surface area (TPSA) is 45.5 Å². The van der Waals surface area contributed by atoms with Gasteiger partial charge in [0.15, 0.2) is 0 Å². The minimum absolute atomic E-state index is 0.0971. The minimum Gasteiger partial charge on any atom is -0.460 e. The molecule has 1 N–H and O–H groups in total. The van der Waals surface area contributed by atoms with Crippen LogP contribution in [0.3, 0.4) is 0 Å².